The van der Waals surface area contributed by atoms with Gasteiger partial charge in [-0.05, 0) is 38.1 Å². The molecule has 3 rings (SSSR count). The molecule has 0 saturated carbocycles. The van der Waals surface area contributed by atoms with Crippen LogP contribution in [0.3, 0.4) is 0 Å². The van der Waals surface area contributed by atoms with Crippen molar-refractivity contribution in [2.24, 2.45) is 5.73 Å². The third kappa shape index (κ3) is 2.91. The minimum atomic E-state index is -0.642. The minimum absolute atomic E-state index is 0.0219. The molecule has 2 heterocycles. The lowest BCUT2D eigenvalue weighted by Gasteiger charge is -2.05. The Morgan fingerprint density at radius 3 is 2.62 bits per heavy atom. The zero-order valence-electron chi connectivity index (χ0n) is 12.9. The molecule has 0 saturated heterocycles. The SMILES string of the molecule is Cc1cc(C)n2nc(C(=O)Nc3ccc(C(N)=O)c(Cl)c3)nc2n1. The van der Waals surface area contributed by atoms with E-state index < -0.39 is 11.8 Å². The number of aromatic nitrogens is 4. The van der Waals surface area contributed by atoms with Gasteiger partial charge in [-0.1, -0.05) is 11.6 Å². The van der Waals surface area contributed by atoms with E-state index in [0.29, 0.717) is 11.5 Å². The highest BCUT2D eigenvalue weighted by Gasteiger charge is 2.16. The number of nitrogens with zero attached hydrogens (tertiary/aromatic N) is 4. The summed E-state index contributed by atoms with van der Waals surface area (Å²) in [6.45, 7) is 3.68. The van der Waals surface area contributed by atoms with Gasteiger partial charge in [-0.2, -0.15) is 4.98 Å². The summed E-state index contributed by atoms with van der Waals surface area (Å²) in [5, 5.41) is 6.91. The quantitative estimate of drug-likeness (QED) is 0.751. The van der Waals surface area contributed by atoms with Gasteiger partial charge >= 0.3 is 0 Å². The van der Waals surface area contributed by atoms with Crippen LogP contribution in [0.2, 0.25) is 5.02 Å². The summed E-state index contributed by atoms with van der Waals surface area (Å²) >= 11 is 5.96. The van der Waals surface area contributed by atoms with Crippen molar-refractivity contribution < 1.29 is 9.59 Å². The molecule has 0 unspecified atom stereocenters. The fourth-order valence-corrected chi connectivity index (χ4v) is 2.52. The number of halogens is 1. The molecule has 2 amide bonds. The molecule has 0 aliphatic rings. The first kappa shape index (κ1) is 15.9. The third-order valence-electron chi connectivity index (χ3n) is 3.31. The second-order valence-electron chi connectivity index (χ2n) is 5.20. The Morgan fingerprint density at radius 2 is 1.96 bits per heavy atom. The molecular weight excluding hydrogens is 332 g/mol. The Bertz CT molecular complexity index is 981. The maximum absolute atomic E-state index is 12.3. The van der Waals surface area contributed by atoms with E-state index in [1.54, 1.807) is 0 Å². The van der Waals surface area contributed by atoms with Crippen LogP contribution >= 0.6 is 11.6 Å². The average Bonchev–Trinajstić information content (AvgIpc) is 2.91. The van der Waals surface area contributed by atoms with E-state index in [-0.39, 0.29) is 16.4 Å². The zero-order valence-corrected chi connectivity index (χ0v) is 13.6. The maximum Gasteiger partial charge on any atom is 0.295 e. The second-order valence-corrected chi connectivity index (χ2v) is 5.61. The van der Waals surface area contributed by atoms with Gasteiger partial charge in [-0.3, -0.25) is 9.59 Å². The first-order valence-electron chi connectivity index (χ1n) is 6.97. The topological polar surface area (TPSA) is 115 Å². The summed E-state index contributed by atoms with van der Waals surface area (Å²) in [6, 6.07) is 6.23. The number of amides is 2. The summed E-state index contributed by atoms with van der Waals surface area (Å²) in [5.74, 6) is -0.830. The normalized spacial score (nSPS) is 10.8. The molecule has 122 valence electrons. The van der Waals surface area contributed by atoms with Crippen LogP contribution in [-0.4, -0.2) is 31.4 Å². The van der Waals surface area contributed by atoms with Crippen molar-refractivity contribution in [3.05, 3.63) is 52.1 Å². The summed E-state index contributed by atoms with van der Waals surface area (Å²) in [6.07, 6.45) is 0. The largest absolute Gasteiger partial charge is 0.366 e. The Labute approximate surface area is 141 Å². The Kier molecular flexibility index (Phi) is 3.90. The van der Waals surface area contributed by atoms with Gasteiger partial charge in [0.1, 0.15) is 0 Å². The highest BCUT2D eigenvalue weighted by atomic mass is 35.5. The number of primary amides is 1. The lowest BCUT2D eigenvalue weighted by atomic mass is 10.2. The molecule has 8 nitrogen and oxygen atoms in total. The Balaban J connectivity index is 1.89. The minimum Gasteiger partial charge on any atom is -0.366 e. The summed E-state index contributed by atoms with van der Waals surface area (Å²) in [5.41, 5.74) is 7.36. The second kappa shape index (κ2) is 5.89. The summed E-state index contributed by atoms with van der Waals surface area (Å²) < 4.78 is 1.49. The van der Waals surface area contributed by atoms with Crippen LogP contribution in [0.5, 0.6) is 0 Å². The van der Waals surface area contributed by atoms with Gasteiger partial charge in [-0.15, -0.1) is 5.10 Å². The van der Waals surface area contributed by atoms with Gasteiger partial charge in [0.05, 0.1) is 10.6 Å². The molecule has 0 spiro atoms. The summed E-state index contributed by atoms with van der Waals surface area (Å²) in [7, 11) is 0. The monoisotopic (exact) mass is 344 g/mol. The predicted octanol–water partition coefficient (Wildman–Crippen LogP) is 1.75. The third-order valence-corrected chi connectivity index (χ3v) is 3.63. The molecule has 0 aliphatic heterocycles. The van der Waals surface area contributed by atoms with Crippen molar-refractivity contribution >= 4 is 34.9 Å². The van der Waals surface area contributed by atoms with Crippen LogP contribution in [0.25, 0.3) is 5.78 Å². The number of carbonyl (C=O) groups excluding carboxylic acids is 2. The molecule has 0 aliphatic carbocycles. The number of aryl methyl sites for hydroxylation is 2. The predicted molar refractivity (Wildman–Crippen MR) is 88.2 cm³/mol. The Hall–Kier alpha value is -3.00. The number of carbonyl (C=O) groups is 2. The van der Waals surface area contributed by atoms with E-state index in [1.165, 1.54) is 22.7 Å². The molecular formula is C15H13ClN6O2. The van der Waals surface area contributed by atoms with Gasteiger partial charge in [0.15, 0.2) is 0 Å². The highest BCUT2D eigenvalue weighted by Crippen LogP contribution is 2.21. The molecule has 0 radical (unpaired) electrons. The average molecular weight is 345 g/mol. The van der Waals surface area contributed by atoms with Crippen LogP contribution in [0.4, 0.5) is 5.69 Å². The van der Waals surface area contributed by atoms with Gasteiger partial charge in [0.2, 0.25) is 11.7 Å². The molecule has 3 N–H and O–H groups in total. The van der Waals surface area contributed by atoms with E-state index >= 15 is 0 Å². The van der Waals surface area contributed by atoms with E-state index in [9.17, 15) is 9.59 Å². The number of hydrogen-bond acceptors (Lipinski definition) is 5. The van der Waals surface area contributed by atoms with Crippen LogP contribution in [0.15, 0.2) is 24.3 Å². The van der Waals surface area contributed by atoms with Crippen LogP contribution < -0.4 is 11.1 Å². The molecule has 1 aromatic carbocycles. The molecule has 9 heteroatoms. The molecule has 24 heavy (non-hydrogen) atoms. The van der Waals surface area contributed by atoms with Gasteiger partial charge in [0.25, 0.3) is 11.7 Å². The lowest BCUT2D eigenvalue weighted by molar-refractivity contribution is 0.0997. The molecule has 2 aromatic heterocycles. The van der Waals surface area contributed by atoms with Crippen LogP contribution in [-0.2, 0) is 0 Å². The molecule has 0 bridgehead atoms. The number of rotatable bonds is 3. The fraction of sp³-hybridized carbons (Fsp3) is 0.133. The van der Waals surface area contributed by atoms with E-state index in [4.69, 9.17) is 17.3 Å². The van der Waals surface area contributed by atoms with E-state index in [1.807, 2.05) is 19.9 Å². The zero-order chi connectivity index (χ0) is 17.4. The number of fused-ring (bicyclic) bond motifs is 1. The van der Waals surface area contributed by atoms with E-state index in [0.717, 1.165) is 11.4 Å². The number of nitrogens with two attached hydrogens (primary N) is 1. The standard InChI is InChI=1S/C15H13ClN6O2/c1-7-5-8(2)22-15(18-7)20-13(21-22)14(24)19-9-3-4-10(12(17)23)11(16)6-9/h3-6H,1-2H3,(H2,17,23)(H,19,24). The van der Waals surface area contributed by atoms with Crippen molar-refractivity contribution in [1.82, 2.24) is 19.6 Å². The van der Waals surface area contributed by atoms with Crippen LogP contribution in [0, 0.1) is 13.8 Å². The number of anilines is 1. The Morgan fingerprint density at radius 1 is 1.21 bits per heavy atom. The highest BCUT2D eigenvalue weighted by molar-refractivity contribution is 6.34. The lowest BCUT2D eigenvalue weighted by Crippen LogP contribution is -2.15. The summed E-state index contributed by atoms with van der Waals surface area (Å²) in [4.78, 5) is 31.8. The molecule has 3 aromatic rings. The number of benzene rings is 1. The van der Waals surface area contributed by atoms with Crippen molar-refractivity contribution in [1.29, 1.82) is 0 Å². The molecule has 0 atom stereocenters. The van der Waals surface area contributed by atoms with Crippen molar-refractivity contribution in [2.45, 2.75) is 13.8 Å². The van der Waals surface area contributed by atoms with Gasteiger partial charge in [0, 0.05) is 17.1 Å². The fourth-order valence-electron chi connectivity index (χ4n) is 2.24. The van der Waals surface area contributed by atoms with Crippen molar-refractivity contribution in [3.63, 3.8) is 0 Å². The van der Waals surface area contributed by atoms with Crippen molar-refractivity contribution in [3.8, 4) is 0 Å². The number of hydrogen-bond donors (Lipinski definition) is 2. The van der Waals surface area contributed by atoms with Crippen LogP contribution in [0.1, 0.15) is 32.4 Å². The maximum atomic E-state index is 12.3. The first-order valence-corrected chi connectivity index (χ1v) is 7.34. The number of nitrogens with one attached hydrogen (secondary N) is 1. The van der Waals surface area contributed by atoms with Crippen molar-refractivity contribution in [2.75, 3.05) is 5.32 Å². The van der Waals surface area contributed by atoms with Gasteiger partial charge < -0.3 is 11.1 Å². The van der Waals surface area contributed by atoms with Gasteiger partial charge in [-0.25, -0.2) is 9.50 Å². The molecule has 0 fully saturated rings. The van der Waals surface area contributed by atoms with E-state index in [2.05, 4.69) is 20.4 Å². The first-order chi connectivity index (χ1) is 11.3. The smallest absolute Gasteiger partial charge is 0.295 e.